The third-order valence-electron chi connectivity index (χ3n) is 4.57. The molecule has 2 atom stereocenters. The largest absolute Gasteiger partial charge is 0.367 e. The third kappa shape index (κ3) is 4.24. The lowest BCUT2D eigenvalue weighted by Crippen LogP contribution is -2.54. The van der Waals surface area contributed by atoms with Gasteiger partial charge in [-0.1, -0.05) is 42.8 Å². The van der Waals surface area contributed by atoms with Gasteiger partial charge in [-0.3, -0.25) is 4.90 Å². The molecular formula is C18H27ClN2. The maximum atomic E-state index is 6.36. The summed E-state index contributed by atoms with van der Waals surface area (Å²) >= 11 is 6.36. The van der Waals surface area contributed by atoms with Crippen LogP contribution in [0.3, 0.4) is 0 Å². The molecule has 2 unspecified atom stereocenters. The van der Waals surface area contributed by atoms with Crippen LogP contribution in [-0.2, 0) is 0 Å². The molecule has 3 heteroatoms. The first kappa shape index (κ1) is 16.4. The van der Waals surface area contributed by atoms with Crippen molar-refractivity contribution in [1.29, 1.82) is 0 Å². The Kier molecular flexibility index (Phi) is 6.13. The molecule has 1 aliphatic heterocycles. The van der Waals surface area contributed by atoms with Crippen molar-refractivity contribution in [2.75, 3.05) is 31.6 Å². The van der Waals surface area contributed by atoms with Gasteiger partial charge in [-0.2, -0.15) is 0 Å². The highest BCUT2D eigenvalue weighted by Crippen LogP contribution is 2.29. The van der Waals surface area contributed by atoms with E-state index in [1.54, 1.807) is 0 Å². The molecule has 1 fully saturated rings. The van der Waals surface area contributed by atoms with Crippen molar-refractivity contribution in [3.8, 4) is 0 Å². The molecule has 1 aliphatic rings. The van der Waals surface area contributed by atoms with E-state index in [0.717, 1.165) is 24.7 Å². The SMILES string of the molecule is CC=CCCC(C)C1CN(c2ccccc2Cl)CCN1C. The number of rotatable bonds is 5. The fourth-order valence-electron chi connectivity index (χ4n) is 3.16. The molecule has 1 heterocycles. The summed E-state index contributed by atoms with van der Waals surface area (Å²) in [7, 11) is 2.25. The van der Waals surface area contributed by atoms with Crippen LogP contribution in [0.4, 0.5) is 5.69 Å². The van der Waals surface area contributed by atoms with Crippen LogP contribution in [0, 0.1) is 5.92 Å². The smallest absolute Gasteiger partial charge is 0.0639 e. The van der Waals surface area contributed by atoms with Crippen molar-refractivity contribution in [3.05, 3.63) is 41.4 Å². The van der Waals surface area contributed by atoms with Crippen molar-refractivity contribution in [3.63, 3.8) is 0 Å². The predicted octanol–water partition coefficient (Wildman–Crippen LogP) is 4.45. The predicted molar refractivity (Wildman–Crippen MR) is 93.3 cm³/mol. The van der Waals surface area contributed by atoms with E-state index in [4.69, 9.17) is 11.6 Å². The number of piperazine rings is 1. The zero-order valence-electron chi connectivity index (χ0n) is 13.4. The summed E-state index contributed by atoms with van der Waals surface area (Å²) in [6.45, 7) is 7.69. The van der Waals surface area contributed by atoms with Gasteiger partial charge in [0.1, 0.15) is 0 Å². The highest BCUT2D eigenvalue weighted by atomic mass is 35.5. The van der Waals surface area contributed by atoms with Crippen molar-refractivity contribution in [2.45, 2.75) is 32.7 Å². The minimum absolute atomic E-state index is 0.597. The fourth-order valence-corrected chi connectivity index (χ4v) is 3.42. The molecule has 0 bridgehead atoms. The highest BCUT2D eigenvalue weighted by molar-refractivity contribution is 6.33. The Balaban J connectivity index is 2.03. The molecule has 0 radical (unpaired) electrons. The van der Waals surface area contributed by atoms with Crippen LogP contribution in [-0.4, -0.2) is 37.6 Å². The Bertz CT molecular complexity index is 472. The number of allylic oxidation sites excluding steroid dienone is 2. The van der Waals surface area contributed by atoms with E-state index in [9.17, 15) is 0 Å². The summed E-state index contributed by atoms with van der Waals surface area (Å²) in [6.07, 6.45) is 6.84. The summed E-state index contributed by atoms with van der Waals surface area (Å²) in [4.78, 5) is 4.95. The molecule has 0 spiro atoms. The van der Waals surface area contributed by atoms with Crippen LogP contribution in [0.2, 0.25) is 5.02 Å². The first-order chi connectivity index (χ1) is 10.1. The molecule has 0 amide bonds. The van der Waals surface area contributed by atoms with Crippen LogP contribution in [0.25, 0.3) is 0 Å². The van der Waals surface area contributed by atoms with Crippen molar-refractivity contribution < 1.29 is 0 Å². The van der Waals surface area contributed by atoms with E-state index in [-0.39, 0.29) is 0 Å². The number of benzene rings is 1. The van der Waals surface area contributed by atoms with Crippen LogP contribution in [0.1, 0.15) is 26.7 Å². The van der Waals surface area contributed by atoms with Gasteiger partial charge < -0.3 is 4.90 Å². The van der Waals surface area contributed by atoms with Crippen LogP contribution in [0.15, 0.2) is 36.4 Å². The number of nitrogens with zero attached hydrogens (tertiary/aromatic N) is 2. The van der Waals surface area contributed by atoms with Gasteiger partial charge in [-0.05, 0) is 44.9 Å². The average molecular weight is 307 g/mol. The van der Waals surface area contributed by atoms with E-state index in [1.807, 2.05) is 12.1 Å². The number of likely N-dealkylation sites (N-methyl/N-ethyl adjacent to an activating group) is 1. The minimum Gasteiger partial charge on any atom is -0.367 e. The van der Waals surface area contributed by atoms with E-state index in [0.29, 0.717) is 12.0 Å². The average Bonchev–Trinajstić information content (AvgIpc) is 2.48. The first-order valence-electron chi connectivity index (χ1n) is 7.94. The van der Waals surface area contributed by atoms with Crippen LogP contribution in [0.5, 0.6) is 0 Å². The Morgan fingerprint density at radius 1 is 1.33 bits per heavy atom. The number of halogens is 1. The lowest BCUT2D eigenvalue weighted by Gasteiger charge is -2.43. The normalized spacial score (nSPS) is 21.9. The topological polar surface area (TPSA) is 6.48 Å². The quantitative estimate of drug-likeness (QED) is 0.741. The van der Waals surface area contributed by atoms with Crippen molar-refractivity contribution >= 4 is 17.3 Å². The van der Waals surface area contributed by atoms with Gasteiger partial charge in [0, 0.05) is 25.7 Å². The van der Waals surface area contributed by atoms with E-state index >= 15 is 0 Å². The maximum Gasteiger partial charge on any atom is 0.0639 e. The van der Waals surface area contributed by atoms with Gasteiger partial charge >= 0.3 is 0 Å². The van der Waals surface area contributed by atoms with Crippen LogP contribution < -0.4 is 4.90 Å². The lowest BCUT2D eigenvalue weighted by molar-refractivity contribution is 0.160. The van der Waals surface area contributed by atoms with Gasteiger partial charge in [0.05, 0.1) is 10.7 Å². The summed E-state index contributed by atoms with van der Waals surface area (Å²) in [5.41, 5.74) is 1.18. The van der Waals surface area contributed by atoms with E-state index in [2.05, 4.69) is 55.0 Å². The van der Waals surface area contributed by atoms with E-state index in [1.165, 1.54) is 18.5 Å². The molecule has 2 nitrogen and oxygen atoms in total. The zero-order valence-corrected chi connectivity index (χ0v) is 14.2. The molecule has 116 valence electrons. The second-order valence-corrected chi connectivity index (χ2v) is 6.48. The fraction of sp³-hybridized carbons (Fsp3) is 0.556. The summed E-state index contributed by atoms with van der Waals surface area (Å²) in [6, 6.07) is 8.79. The molecule has 1 saturated heterocycles. The summed E-state index contributed by atoms with van der Waals surface area (Å²) in [5.74, 6) is 0.691. The first-order valence-corrected chi connectivity index (χ1v) is 8.32. The number of anilines is 1. The highest BCUT2D eigenvalue weighted by Gasteiger charge is 2.29. The lowest BCUT2D eigenvalue weighted by atomic mass is 9.93. The summed E-state index contributed by atoms with van der Waals surface area (Å²) in [5, 5.41) is 0.863. The van der Waals surface area contributed by atoms with Crippen molar-refractivity contribution in [1.82, 2.24) is 4.90 Å². The van der Waals surface area contributed by atoms with Crippen LogP contribution >= 0.6 is 11.6 Å². The monoisotopic (exact) mass is 306 g/mol. The molecular weight excluding hydrogens is 280 g/mol. The van der Waals surface area contributed by atoms with Gasteiger partial charge in [-0.15, -0.1) is 0 Å². The molecule has 0 aliphatic carbocycles. The molecule has 21 heavy (non-hydrogen) atoms. The number of hydrogen-bond donors (Lipinski definition) is 0. The number of para-hydroxylation sites is 1. The zero-order chi connectivity index (χ0) is 15.2. The summed E-state index contributed by atoms with van der Waals surface area (Å²) < 4.78 is 0. The Hall–Kier alpha value is -0.990. The maximum absolute atomic E-state index is 6.36. The molecule has 0 N–H and O–H groups in total. The van der Waals surface area contributed by atoms with Crippen molar-refractivity contribution in [2.24, 2.45) is 5.92 Å². The number of hydrogen-bond acceptors (Lipinski definition) is 2. The minimum atomic E-state index is 0.597. The van der Waals surface area contributed by atoms with Gasteiger partial charge in [0.15, 0.2) is 0 Å². The molecule has 1 aromatic carbocycles. The van der Waals surface area contributed by atoms with E-state index < -0.39 is 0 Å². The molecule has 0 aromatic heterocycles. The molecule has 2 rings (SSSR count). The van der Waals surface area contributed by atoms with Gasteiger partial charge in [0.2, 0.25) is 0 Å². The third-order valence-corrected chi connectivity index (χ3v) is 4.89. The standard InChI is InChI=1S/C18H27ClN2/c1-4-5-6-9-15(2)18-14-21(13-12-20(18)3)17-11-8-7-10-16(17)19/h4-5,7-8,10-11,15,18H,6,9,12-14H2,1-3H3. The molecule has 0 saturated carbocycles. The Labute approximate surface area is 134 Å². The second kappa shape index (κ2) is 7.86. The Morgan fingerprint density at radius 3 is 2.81 bits per heavy atom. The Morgan fingerprint density at radius 2 is 2.10 bits per heavy atom. The van der Waals surface area contributed by atoms with Gasteiger partial charge in [-0.25, -0.2) is 0 Å². The van der Waals surface area contributed by atoms with Gasteiger partial charge in [0.25, 0.3) is 0 Å². The molecule has 1 aromatic rings. The second-order valence-electron chi connectivity index (χ2n) is 6.07.